The minimum atomic E-state index is -2.89. The fourth-order valence-corrected chi connectivity index (χ4v) is 3.84. The average molecular weight is 287 g/mol. The van der Waals surface area contributed by atoms with Crippen molar-refractivity contribution in [2.75, 3.05) is 36.2 Å². The van der Waals surface area contributed by atoms with Gasteiger partial charge in [0.15, 0.2) is 9.84 Å². The zero-order chi connectivity index (χ0) is 10.9. The van der Waals surface area contributed by atoms with E-state index in [1.165, 1.54) is 0 Å². The second kappa shape index (κ2) is 5.57. The monoisotopic (exact) mass is 286 g/mol. The van der Waals surface area contributed by atoms with Crippen molar-refractivity contribution < 1.29 is 13.2 Å². The summed E-state index contributed by atoms with van der Waals surface area (Å²) in [6.07, 6.45) is 0. The lowest BCUT2D eigenvalue weighted by Crippen LogP contribution is -2.50. The van der Waals surface area contributed by atoms with Gasteiger partial charge in [-0.25, -0.2) is 8.42 Å². The molecule has 2 aliphatic rings. The predicted molar refractivity (Wildman–Crippen MR) is 66.7 cm³/mol. The number of halogens is 1. The van der Waals surface area contributed by atoms with Crippen LogP contribution in [0.1, 0.15) is 0 Å². The molecule has 2 aliphatic heterocycles. The number of hydrogen-bond acceptors (Lipinski definition) is 5. The molecule has 0 aromatic rings. The van der Waals surface area contributed by atoms with E-state index in [2.05, 4.69) is 5.32 Å². The number of thioether (sulfide) groups is 1. The highest BCUT2D eigenvalue weighted by atomic mass is 35.5. The maximum Gasteiger partial charge on any atom is 0.240 e. The molecule has 0 aromatic carbocycles. The van der Waals surface area contributed by atoms with Crippen LogP contribution in [-0.2, 0) is 14.6 Å². The molecule has 0 aromatic heterocycles. The highest BCUT2D eigenvalue weighted by Crippen LogP contribution is 2.13. The molecule has 0 aliphatic carbocycles. The van der Waals surface area contributed by atoms with Gasteiger partial charge in [-0.2, -0.15) is 0 Å². The molecular formula is C8H15ClN2O3S2. The maximum absolute atomic E-state index is 11.9. The molecule has 0 radical (unpaired) electrons. The van der Waals surface area contributed by atoms with Gasteiger partial charge in [0.25, 0.3) is 0 Å². The van der Waals surface area contributed by atoms with Crippen LogP contribution >= 0.6 is 24.2 Å². The van der Waals surface area contributed by atoms with Crippen LogP contribution in [0, 0.1) is 0 Å². The Morgan fingerprint density at radius 3 is 2.44 bits per heavy atom. The van der Waals surface area contributed by atoms with Gasteiger partial charge in [-0.1, -0.05) is 0 Å². The molecule has 1 unspecified atom stereocenters. The number of nitrogens with zero attached hydrogens (tertiary/aromatic N) is 1. The number of carbonyl (C=O) groups excluding carboxylic acids is 1. The van der Waals surface area contributed by atoms with Crippen LogP contribution in [0.3, 0.4) is 0 Å². The molecule has 8 heteroatoms. The third-order valence-electron chi connectivity index (χ3n) is 2.67. The molecule has 2 fully saturated rings. The first-order chi connectivity index (χ1) is 7.08. The zero-order valence-electron chi connectivity index (χ0n) is 8.72. The van der Waals surface area contributed by atoms with Gasteiger partial charge >= 0.3 is 0 Å². The minimum absolute atomic E-state index is 0. The highest BCUT2D eigenvalue weighted by Gasteiger charge is 2.31. The molecule has 0 saturated carbocycles. The number of rotatable bonds is 1. The van der Waals surface area contributed by atoms with Crippen LogP contribution in [0.2, 0.25) is 0 Å². The maximum atomic E-state index is 11.9. The predicted octanol–water partition coefficient (Wildman–Crippen LogP) is -0.672. The normalized spacial score (nSPS) is 28.5. The summed E-state index contributed by atoms with van der Waals surface area (Å²) < 4.78 is 22.4. The molecule has 94 valence electrons. The van der Waals surface area contributed by atoms with Gasteiger partial charge in [0.1, 0.15) is 0 Å². The van der Waals surface area contributed by atoms with E-state index in [4.69, 9.17) is 0 Å². The molecule has 1 amide bonds. The van der Waals surface area contributed by atoms with Gasteiger partial charge in [-0.3, -0.25) is 10.1 Å². The Bertz CT molecular complexity index is 340. The van der Waals surface area contributed by atoms with Crippen LogP contribution in [0.25, 0.3) is 0 Å². The van der Waals surface area contributed by atoms with Crippen molar-refractivity contribution >= 4 is 39.9 Å². The summed E-state index contributed by atoms with van der Waals surface area (Å²) in [4.78, 5) is 13.5. The molecular weight excluding hydrogens is 272 g/mol. The van der Waals surface area contributed by atoms with E-state index >= 15 is 0 Å². The zero-order valence-corrected chi connectivity index (χ0v) is 11.2. The first-order valence-corrected chi connectivity index (χ1v) is 7.86. The van der Waals surface area contributed by atoms with Crippen molar-refractivity contribution in [1.82, 2.24) is 10.2 Å². The standard InChI is InChI=1S/C8H14N2O3S2.ClH/c11-8(7-5-14-6-9-7)10-1-3-15(12,13)4-2-10;/h7,9H,1-6H2;1H. The number of carbonyl (C=O) groups is 1. The first-order valence-electron chi connectivity index (χ1n) is 4.89. The third-order valence-corrected chi connectivity index (χ3v) is 5.22. The number of sulfone groups is 1. The third kappa shape index (κ3) is 3.26. The first kappa shape index (κ1) is 14.1. The fourth-order valence-electron chi connectivity index (χ4n) is 1.71. The Labute approximate surface area is 106 Å². The van der Waals surface area contributed by atoms with E-state index in [-0.39, 0.29) is 35.9 Å². The summed E-state index contributed by atoms with van der Waals surface area (Å²) in [6, 6.07) is -0.115. The van der Waals surface area contributed by atoms with Gasteiger partial charge in [0.05, 0.1) is 17.5 Å². The largest absolute Gasteiger partial charge is 0.339 e. The average Bonchev–Trinajstić information content (AvgIpc) is 2.69. The minimum Gasteiger partial charge on any atom is -0.339 e. The van der Waals surface area contributed by atoms with E-state index in [1.807, 2.05) is 0 Å². The van der Waals surface area contributed by atoms with Crippen molar-refractivity contribution in [3.8, 4) is 0 Å². The summed E-state index contributed by atoms with van der Waals surface area (Å²) in [7, 11) is -2.89. The molecule has 0 bridgehead atoms. The summed E-state index contributed by atoms with van der Waals surface area (Å²) in [5.41, 5.74) is 0. The van der Waals surface area contributed by atoms with Crippen molar-refractivity contribution in [3.05, 3.63) is 0 Å². The van der Waals surface area contributed by atoms with E-state index < -0.39 is 9.84 Å². The Morgan fingerprint density at radius 2 is 1.94 bits per heavy atom. The lowest BCUT2D eigenvalue weighted by molar-refractivity contribution is -0.132. The van der Waals surface area contributed by atoms with Gasteiger partial charge in [-0.15, -0.1) is 24.2 Å². The molecule has 1 atom stereocenters. The van der Waals surface area contributed by atoms with Gasteiger partial charge in [0, 0.05) is 24.7 Å². The van der Waals surface area contributed by atoms with Crippen molar-refractivity contribution in [3.63, 3.8) is 0 Å². The molecule has 16 heavy (non-hydrogen) atoms. The molecule has 5 nitrogen and oxygen atoms in total. The molecule has 2 saturated heterocycles. The van der Waals surface area contributed by atoms with Crippen molar-refractivity contribution in [1.29, 1.82) is 0 Å². The molecule has 1 N–H and O–H groups in total. The van der Waals surface area contributed by atoms with Gasteiger partial charge in [-0.05, 0) is 0 Å². The SMILES string of the molecule is Cl.O=C(C1CSCN1)N1CCS(=O)(=O)CC1. The fraction of sp³-hybridized carbons (Fsp3) is 0.875. The van der Waals surface area contributed by atoms with Crippen LogP contribution in [-0.4, -0.2) is 61.5 Å². The Kier molecular flexibility index (Phi) is 4.90. The van der Waals surface area contributed by atoms with Gasteiger partial charge in [0.2, 0.25) is 5.91 Å². The molecule has 0 spiro atoms. The van der Waals surface area contributed by atoms with E-state index in [0.29, 0.717) is 13.1 Å². The van der Waals surface area contributed by atoms with E-state index in [1.54, 1.807) is 16.7 Å². The Hall–Kier alpha value is 0.0200. The quantitative estimate of drug-likeness (QED) is 0.692. The summed E-state index contributed by atoms with van der Waals surface area (Å²) in [6.45, 7) is 0.702. The second-order valence-electron chi connectivity index (χ2n) is 3.75. The molecule has 2 rings (SSSR count). The Balaban J connectivity index is 0.00000128. The van der Waals surface area contributed by atoms with Crippen LogP contribution in [0.15, 0.2) is 0 Å². The summed E-state index contributed by atoms with van der Waals surface area (Å²) in [5.74, 6) is 1.87. The summed E-state index contributed by atoms with van der Waals surface area (Å²) >= 11 is 1.70. The van der Waals surface area contributed by atoms with Crippen LogP contribution < -0.4 is 5.32 Å². The van der Waals surface area contributed by atoms with Crippen LogP contribution in [0.5, 0.6) is 0 Å². The van der Waals surface area contributed by atoms with Crippen molar-refractivity contribution in [2.24, 2.45) is 0 Å². The van der Waals surface area contributed by atoms with Crippen LogP contribution in [0.4, 0.5) is 0 Å². The summed E-state index contributed by atoms with van der Waals surface area (Å²) in [5, 5.41) is 3.10. The van der Waals surface area contributed by atoms with Gasteiger partial charge < -0.3 is 4.90 Å². The molecule has 2 heterocycles. The number of nitrogens with one attached hydrogen (secondary N) is 1. The van der Waals surface area contributed by atoms with Crippen molar-refractivity contribution in [2.45, 2.75) is 6.04 Å². The number of hydrogen-bond donors (Lipinski definition) is 1. The lowest BCUT2D eigenvalue weighted by Gasteiger charge is -2.28. The number of amides is 1. The Morgan fingerprint density at radius 1 is 1.31 bits per heavy atom. The second-order valence-corrected chi connectivity index (χ2v) is 7.08. The van der Waals surface area contributed by atoms with E-state index in [0.717, 1.165) is 11.6 Å². The van der Waals surface area contributed by atoms with E-state index in [9.17, 15) is 13.2 Å². The lowest BCUT2D eigenvalue weighted by atomic mass is 10.3. The smallest absolute Gasteiger partial charge is 0.240 e. The topological polar surface area (TPSA) is 66.5 Å². The highest BCUT2D eigenvalue weighted by molar-refractivity contribution is 7.99.